The fraction of sp³-hybridized carbons (Fsp3) is 0.417. The molecule has 2 heterocycles. The summed E-state index contributed by atoms with van der Waals surface area (Å²) < 4.78 is 2.34. The molecule has 2 aromatic rings. The molecule has 0 aliphatic carbocycles. The van der Waals surface area contributed by atoms with Crippen LogP contribution in [0.1, 0.15) is 26.5 Å². The van der Waals surface area contributed by atoms with E-state index >= 15 is 0 Å². The van der Waals surface area contributed by atoms with Crippen molar-refractivity contribution in [3.8, 4) is 11.5 Å². The van der Waals surface area contributed by atoms with Crippen LogP contribution in [0.4, 0.5) is 0 Å². The van der Waals surface area contributed by atoms with Crippen LogP contribution in [-0.4, -0.2) is 19.7 Å². The molecule has 4 nitrogen and oxygen atoms in total. The Morgan fingerprint density at radius 1 is 1.35 bits per heavy atom. The third-order valence-corrected chi connectivity index (χ3v) is 2.72. The minimum absolute atomic E-state index is 0.0139. The molecule has 5 heteroatoms. The van der Waals surface area contributed by atoms with E-state index in [0.717, 1.165) is 17.2 Å². The second-order valence-electron chi connectivity index (χ2n) is 5.11. The molecule has 0 atom stereocenters. The fourth-order valence-electron chi connectivity index (χ4n) is 1.52. The maximum absolute atomic E-state index is 5.20. The van der Waals surface area contributed by atoms with Crippen LogP contribution in [0, 0.1) is 4.64 Å². The zero-order valence-corrected chi connectivity index (χ0v) is 11.3. The summed E-state index contributed by atoms with van der Waals surface area (Å²) in [5.41, 5.74) is 1.89. The molecule has 0 bridgehead atoms. The zero-order valence-electron chi connectivity index (χ0n) is 10.5. The lowest BCUT2D eigenvalue weighted by atomic mass is 9.92. The second-order valence-corrected chi connectivity index (χ2v) is 5.52. The van der Waals surface area contributed by atoms with Gasteiger partial charge in [0, 0.05) is 24.4 Å². The van der Waals surface area contributed by atoms with Crippen LogP contribution in [0.15, 0.2) is 18.3 Å². The maximum atomic E-state index is 5.20. The van der Waals surface area contributed by atoms with Gasteiger partial charge in [0.15, 0.2) is 5.82 Å². The van der Waals surface area contributed by atoms with Crippen molar-refractivity contribution < 1.29 is 0 Å². The quantitative estimate of drug-likeness (QED) is 0.789. The first kappa shape index (κ1) is 12.0. The van der Waals surface area contributed by atoms with Crippen LogP contribution in [0.2, 0.25) is 0 Å². The number of aryl methyl sites for hydroxylation is 1. The molecule has 90 valence electrons. The van der Waals surface area contributed by atoms with Crippen LogP contribution in [0.3, 0.4) is 0 Å². The van der Waals surface area contributed by atoms with Crippen LogP contribution >= 0.6 is 12.2 Å². The van der Waals surface area contributed by atoms with Gasteiger partial charge in [-0.15, -0.1) is 0 Å². The lowest BCUT2D eigenvalue weighted by Gasteiger charge is -2.19. The van der Waals surface area contributed by atoms with Crippen molar-refractivity contribution >= 4 is 12.2 Å². The number of aromatic amines is 1. The third-order valence-electron chi connectivity index (χ3n) is 2.51. The van der Waals surface area contributed by atoms with Gasteiger partial charge in [-0.05, 0) is 12.1 Å². The molecule has 0 fully saturated rings. The van der Waals surface area contributed by atoms with Gasteiger partial charge in [-0.1, -0.05) is 33.0 Å². The maximum Gasteiger partial charge on any atom is 0.159 e. The number of aromatic nitrogens is 4. The Kier molecular flexibility index (Phi) is 2.87. The minimum atomic E-state index is 0.0139. The molecule has 0 aromatic carbocycles. The fourth-order valence-corrected chi connectivity index (χ4v) is 1.73. The summed E-state index contributed by atoms with van der Waals surface area (Å²) in [6.07, 6.45) is 1.89. The van der Waals surface area contributed by atoms with Gasteiger partial charge in [-0.3, -0.25) is 4.68 Å². The van der Waals surface area contributed by atoms with Crippen molar-refractivity contribution in [3.63, 3.8) is 0 Å². The van der Waals surface area contributed by atoms with E-state index in [9.17, 15) is 0 Å². The third kappa shape index (κ3) is 2.61. The van der Waals surface area contributed by atoms with E-state index in [4.69, 9.17) is 12.2 Å². The number of H-pyrrole nitrogens is 1. The molecule has 0 aliphatic rings. The highest BCUT2D eigenvalue weighted by atomic mass is 32.1. The summed E-state index contributed by atoms with van der Waals surface area (Å²) >= 11 is 5.20. The number of rotatable bonds is 1. The van der Waals surface area contributed by atoms with Gasteiger partial charge < -0.3 is 4.98 Å². The summed E-state index contributed by atoms with van der Waals surface area (Å²) in [6, 6.07) is 3.82. The van der Waals surface area contributed by atoms with Gasteiger partial charge in [0.25, 0.3) is 0 Å². The molecule has 17 heavy (non-hydrogen) atoms. The Morgan fingerprint density at radius 3 is 2.59 bits per heavy atom. The number of nitrogens with one attached hydrogen (secondary N) is 1. The van der Waals surface area contributed by atoms with Crippen molar-refractivity contribution in [2.45, 2.75) is 26.2 Å². The normalized spacial score (nSPS) is 11.8. The Morgan fingerprint density at radius 2 is 2.06 bits per heavy atom. The monoisotopic (exact) mass is 248 g/mol. The average molecular weight is 248 g/mol. The Balaban J connectivity index is 2.57. The molecule has 0 spiro atoms. The molecule has 0 saturated heterocycles. The van der Waals surface area contributed by atoms with Crippen molar-refractivity contribution in [2.75, 3.05) is 0 Å². The summed E-state index contributed by atoms with van der Waals surface area (Å²) in [4.78, 5) is 7.62. The topological polar surface area (TPSA) is 46.5 Å². The van der Waals surface area contributed by atoms with E-state index in [-0.39, 0.29) is 5.41 Å². The van der Waals surface area contributed by atoms with Gasteiger partial charge in [-0.25, -0.2) is 4.98 Å². The van der Waals surface area contributed by atoms with Crippen molar-refractivity contribution in [3.05, 3.63) is 28.7 Å². The van der Waals surface area contributed by atoms with E-state index in [1.165, 1.54) is 0 Å². The van der Waals surface area contributed by atoms with Crippen LogP contribution in [-0.2, 0) is 12.5 Å². The molecule has 0 aliphatic heterocycles. The van der Waals surface area contributed by atoms with Gasteiger partial charge >= 0.3 is 0 Å². The van der Waals surface area contributed by atoms with E-state index < -0.39 is 0 Å². The van der Waals surface area contributed by atoms with E-state index in [1.807, 2.05) is 25.4 Å². The van der Waals surface area contributed by atoms with E-state index in [2.05, 4.69) is 35.8 Å². The first-order chi connectivity index (χ1) is 7.86. The standard InChI is InChI=1S/C12H16N4S/c1-12(2,3)9-7-10(17)14-11(13-9)8-5-6-16(4)15-8/h5-7H,1-4H3,(H,13,14,17). The molecule has 0 saturated carbocycles. The van der Waals surface area contributed by atoms with Gasteiger partial charge in [0.05, 0.1) is 0 Å². The van der Waals surface area contributed by atoms with E-state index in [1.54, 1.807) is 4.68 Å². The highest BCUT2D eigenvalue weighted by Crippen LogP contribution is 2.22. The second kappa shape index (κ2) is 4.07. The van der Waals surface area contributed by atoms with Gasteiger partial charge in [0.2, 0.25) is 0 Å². The number of nitrogens with zero attached hydrogens (tertiary/aromatic N) is 3. The van der Waals surface area contributed by atoms with Gasteiger partial charge in [0.1, 0.15) is 10.3 Å². The summed E-state index contributed by atoms with van der Waals surface area (Å²) in [6.45, 7) is 6.40. The smallest absolute Gasteiger partial charge is 0.159 e. The van der Waals surface area contributed by atoms with Crippen LogP contribution in [0.25, 0.3) is 11.5 Å². The largest absolute Gasteiger partial charge is 0.341 e. The Hall–Kier alpha value is -1.49. The lowest BCUT2D eigenvalue weighted by molar-refractivity contribution is 0.567. The molecule has 1 N–H and O–H groups in total. The predicted molar refractivity (Wildman–Crippen MR) is 70.3 cm³/mol. The Bertz CT molecular complexity index is 589. The molecule has 0 unspecified atom stereocenters. The van der Waals surface area contributed by atoms with E-state index in [0.29, 0.717) is 4.64 Å². The van der Waals surface area contributed by atoms with Gasteiger partial charge in [-0.2, -0.15) is 5.10 Å². The molecule has 0 radical (unpaired) electrons. The first-order valence-corrected chi connectivity index (χ1v) is 5.89. The zero-order chi connectivity index (χ0) is 12.6. The molecule has 2 rings (SSSR count). The molecular formula is C12H16N4S. The first-order valence-electron chi connectivity index (χ1n) is 5.48. The number of hydrogen-bond donors (Lipinski definition) is 1. The molecule has 2 aromatic heterocycles. The SMILES string of the molecule is Cn1ccc(-c2nc(=S)cc(C(C)(C)C)[nH]2)n1. The van der Waals surface area contributed by atoms with Crippen molar-refractivity contribution in [2.24, 2.45) is 7.05 Å². The lowest BCUT2D eigenvalue weighted by Crippen LogP contribution is -2.14. The minimum Gasteiger partial charge on any atom is -0.341 e. The van der Waals surface area contributed by atoms with Crippen molar-refractivity contribution in [1.82, 2.24) is 19.7 Å². The summed E-state index contributed by atoms with van der Waals surface area (Å²) in [5.74, 6) is 0.725. The average Bonchev–Trinajstić information content (AvgIpc) is 2.62. The van der Waals surface area contributed by atoms with Crippen LogP contribution < -0.4 is 0 Å². The summed E-state index contributed by atoms with van der Waals surface area (Å²) in [7, 11) is 1.88. The number of hydrogen-bond acceptors (Lipinski definition) is 3. The molecule has 0 amide bonds. The highest BCUT2D eigenvalue weighted by Gasteiger charge is 2.16. The Labute approximate surface area is 106 Å². The van der Waals surface area contributed by atoms with Crippen LogP contribution in [0.5, 0.6) is 0 Å². The highest BCUT2D eigenvalue weighted by molar-refractivity contribution is 7.71. The molecular weight excluding hydrogens is 232 g/mol. The summed E-state index contributed by atoms with van der Waals surface area (Å²) in [5, 5.41) is 4.32. The van der Waals surface area contributed by atoms with Crippen molar-refractivity contribution in [1.29, 1.82) is 0 Å². The predicted octanol–water partition coefficient (Wildman–Crippen LogP) is 2.84.